The van der Waals surface area contributed by atoms with E-state index in [1.807, 2.05) is 55.5 Å². The molecule has 0 aliphatic rings. The lowest BCUT2D eigenvalue weighted by molar-refractivity contribution is 0.415. The number of anilines is 1. The van der Waals surface area contributed by atoms with Crippen molar-refractivity contribution in [2.75, 3.05) is 12.8 Å². The number of nitrogens with two attached hydrogens (primary N) is 1. The minimum absolute atomic E-state index is 0.307. The zero-order valence-electron chi connectivity index (χ0n) is 12.0. The molecular formula is C17H16N2O2. The molecule has 0 saturated carbocycles. The van der Waals surface area contributed by atoms with Gasteiger partial charge in [-0.2, -0.15) is 0 Å². The van der Waals surface area contributed by atoms with Crippen molar-refractivity contribution in [3.05, 3.63) is 54.1 Å². The third-order valence-corrected chi connectivity index (χ3v) is 3.48. The number of hydrogen-bond acceptors (Lipinski definition) is 4. The van der Waals surface area contributed by atoms with Crippen LogP contribution in [0.2, 0.25) is 0 Å². The number of aromatic nitrogens is 1. The summed E-state index contributed by atoms with van der Waals surface area (Å²) in [6, 6.07) is 15.7. The smallest absolute Gasteiger partial charge is 0.230 e. The maximum absolute atomic E-state index is 5.98. The lowest BCUT2D eigenvalue weighted by Gasteiger charge is -2.07. The number of benzene rings is 2. The molecule has 4 heteroatoms. The SMILES string of the molecule is COc1cccc(-c2c(-c3ccccc3C)noc2N)c1. The van der Waals surface area contributed by atoms with Gasteiger partial charge in [-0.25, -0.2) is 0 Å². The van der Waals surface area contributed by atoms with Crippen molar-refractivity contribution in [1.82, 2.24) is 5.16 Å². The standard InChI is InChI=1S/C17H16N2O2/c1-11-6-3-4-9-14(11)16-15(17(18)21-19-16)12-7-5-8-13(10-12)20-2/h3-10H,18H2,1-2H3. The fourth-order valence-electron chi connectivity index (χ4n) is 2.38. The molecule has 0 unspecified atom stereocenters. The van der Waals surface area contributed by atoms with Gasteiger partial charge in [0.05, 0.1) is 12.7 Å². The number of methoxy groups -OCH3 is 1. The highest BCUT2D eigenvalue weighted by Gasteiger charge is 2.18. The summed E-state index contributed by atoms with van der Waals surface area (Å²) in [4.78, 5) is 0. The molecule has 106 valence electrons. The Bertz CT molecular complexity index is 778. The van der Waals surface area contributed by atoms with Gasteiger partial charge in [0.15, 0.2) is 0 Å². The lowest BCUT2D eigenvalue weighted by Crippen LogP contribution is -1.90. The summed E-state index contributed by atoms with van der Waals surface area (Å²) < 4.78 is 10.5. The minimum atomic E-state index is 0.307. The highest BCUT2D eigenvalue weighted by Crippen LogP contribution is 2.38. The third-order valence-electron chi connectivity index (χ3n) is 3.48. The van der Waals surface area contributed by atoms with Crippen molar-refractivity contribution < 1.29 is 9.26 Å². The Morgan fingerprint density at radius 1 is 1.10 bits per heavy atom. The first-order valence-electron chi connectivity index (χ1n) is 6.66. The average molecular weight is 280 g/mol. The molecule has 1 heterocycles. The summed E-state index contributed by atoms with van der Waals surface area (Å²) >= 11 is 0. The van der Waals surface area contributed by atoms with Gasteiger partial charge < -0.3 is 15.0 Å². The van der Waals surface area contributed by atoms with Gasteiger partial charge in [0.25, 0.3) is 0 Å². The quantitative estimate of drug-likeness (QED) is 0.790. The number of nitrogen functional groups attached to an aromatic ring is 1. The molecule has 0 aliphatic heterocycles. The number of ether oxygens (including phenoxy) is 1. The second-order valence-corrected chi connectivity index (χ2v) is 4.82. The predicted octanol–water partition coefficient (Wildman–Crippen LogP) is 3.91. The first-order valence-corrected chi connectivity index (χ1v) is 6.66. The number of hydrogen-bond donors (Lipinski definition) is 1. The van der Waals surface area contributed by atoms with Crippen LogP contribution in [0.3, 0.4) is 0 Å². The predicted molar refractivity (Wildman–Crippen MR) is 83.1 cm³/mol. The van der Waals surface area contributed by atoms with E-state index < -0.39 is 0 Å². The molecule has 2 N–H and O–H groups in total. The zero-order valence-corrected chi connectivity index (χ0v) is 12.0. The largest absolute Gasteiger partial charge is 0.497 e. The number of aryl methyl sites for hydroxylation is 1. The topological polar surface area (TPSA) is 61.3 Å². The molecule has 0 radical (unpaired) electrons. The van der Waals surface area contributed by atoms with Crippen LogP contribution < -0.4 is 10.5 Å². The van der Waals surface area contributed by atoms with Crippen molar-refractivity contribution in [2.45, 2.75) is 6.92 Å². The number of nitrogens with zero attached hydrogens (tertiary/aromatic N) is 1. The molecule has 0 aliphatic carbocycles. The summed E-state index contributed by atoms with van der Waals surface area (Å²) in [5.41, 5.74) is 10.6. The van der Waals surface area contributed by atoms with Crippen molar-refractivity contribution in [2.24, 2.45) is 0 Å². The van der Waals surface area contributed by atoms with Crippen LogP contribution in [-0.4, -0.2) is 12.3 Å². The minimum Gasteiger partial charge on any atom is -0.497 e. The Morgan fingerprint density at radius 3 is 2.67 bits per heavy atom. The maximum atomic E-state index is 5.98. The molecule has 21 heavy (non-hydrogen) atoms. The van der Waals surface area contributed by atoms with Gasteiger partial charge in [0.1, 0.15) is 11.4 Å². The average Bonchev–Trinajstić information content (AvgIpc) is 2.89. The Labute approximate surface area is 123 Å². The van der Waals surface area contributed by atoms with Gasteiger partial charge in [-0.3, -0.25) is 0 Å². The van der Waals surface area contributed by atoms with E-state index in [-0.39, 0.29) is 0 Å². The zero-order chi connectivity index (χ0) is 14.8. The van der Waals surface area contributed by atoms with E-state index in [0.717, 1.165) is 33.7 Å². The van der Waals surface area contributed by atoms with Crippen molar-refractivity contribution in [3.8, 4) is 28.1 Å². The molecule has 1 aromatic heterocycles. The van der Waals surface area contributed by atoms with E-state index in [0.29, 0.717) is 5.88 Å². The summed E-state index contributed by atoms with van der Waals surface area (Å²) in [5.74, 6) is 1.07. The van der Waals surface area contributed by atoms with Crippen molar-refractivity contribution >= 4 is 5.88 Å². The highest BCUT2D eigenvalue weighted by molar-refractivity contribution is 5.88. The maximum Gasteiger partial charge on any atom is 0.230 e. The molecule has 0 saturated heterocycles. The molecule has 0 amide bonds. The van der Waals surface area contributed by atoms with Gasteiger partial charge >= 0.3 is 0 Å². The fraction of sp³-hybridized carbons (Fsp3) is 0.118. The monoisotopic (exact) mass is 280 g/mol. The van der Waals surface area contributed by atoms with E-state index in [4.69, 9.17) is 15.0 Å². The second kappa shape index (κ2) is 5.32. The summed E-state index contributed by atoms with van der Waals surface area (Å²) in [5, 5.41) is 4.14. The lowest BCUT2D eigenvalue weighted by atomic mass is 9.98. The highest BCUT2D eigenvalue weighted by atomic mass is 16.5. The van der Waals surface area contributed by atoms with Gasteiger partial charge in [-0.05, 0) is 30.2 Å². The molecule has 3 rings (SSSR count). The van der Waals surface area contributed by atoms with E-state index in [1.54, 1.807) is 7.11 Å². The van der Waals surface area contributed by atoms with Crippen LogP contribution in [-0.2, 0) is 0 Å². The van der Waals surface area contributed by atoms with Gasteiger partial charge in [0.2, 0.25) is 5.88 Å². The van der Waals surface area contributed by atoms with Crippen LogP contribution in [0.4, 0.5) is 5.88 Å². The first-order chi connectivity index (χ1) is 10.2. The molecule has 0 bridgehead atoms. The number of rotatable bonds is 3. The van der Waals surface area contributed by atoms with Crippen LogP contribution >= 0.6 is 0 Å². The van der Waals surface area contributed by atoms with Crippen LogP contribution in [0.25, 0.3) is 22.4 Å². The van der Waals surface area contributed by atoms with E-state index in [2.05, 4.69) is 5.16 Å². The summed E-state index contributed by atoms with van der Waals surface area (Å²) in [7, 11) is 1.64. The van der Waals surface area contributed by atoms with E-state index in [9.17, 15) is 0 Å². The molecule has 0 fully saturated rings. The molecule has 0 atom stereocenters. The summed E-state index contributed by atoms with van der Waals surface area (Å²) in [6.45, 7) is 2.04. The molecule has 0 spiro atoms. The second-order valence-electron chi connectivity index (χ2n) is 4.82. The Kier molecular flexibility index (Phi) is 3.36. The first kappa shape index (κ1) is 13.2. The molecular weight excluding hydrogens is 264 g/mol. The summed E-state index contributed by atoms with van der Waals surface area (Å²) in [6.07, 6.45) is 0. The molecule has 3 aromatic rings. The molecule has 2 aromatic carbocycles. The Morgan fingerprint density at radius 2 is 1.90 bits per heavy atom. The van der Waals surface area contributed by atoms with Crippen LogP contribution in [0.1, 0.15) is 5.56 Å². The molecule has 4 nitrogen and oxygen atoms in total. The van der Waals surface area contributed by atoms with Crippen LogP contribution in [0.15, 0.2) is 53.1 Å². The van der Waals surface area contributed by atoms with E-state index in [1.165, 1.54) is 0 Å². The Balaban J connectivity index is 2.20. The fourth-order valence-corrected chi connectivity index (χ4v) is 2.38. The van der Waals surface area contributed by atoms with Crippen molar-refractivity contribution in [1.29, 1.82) is 0 Å². The van der Waals surface area contributed by atoms with Crippen LogP contribution in [0, 0.1) is 6.92 Å². The van der Waals surface area contributed by atoms with E-state index >= 15 is 0 Å². The van der Waals surface area contributed by atoms with Gasteiger partial charge in [-0.1, -0.05) is 41.6 Å². The van der Waals surface area contributed by atoms with Crippen molar-refractivity contribution in [3.63, 3.8) is 0 Å². The van der Waals surface area contributed by atoms with Gasteiger partial charge in [0, 0.05) is 5.56 Å². The van der Waals surface area contributed by atoms with Crippen LogP contribution in [0.5, 0.6) is 5.75 Å². The third kappa shape index (κ3) is 2.36. The van der Waals surface area contributed by atoms with Gasteiger partial charge in [-0.15, -0.1) is 0 Å². The normalized spacial score (nSPS) is 10.6. The Hall–Kier alpha value is -2.75.